The average Bonchev–Trinajstić information content (AvgIpc) is 2.65. The highest BCUT2D eigenvalue weighted by Gasteiger charge is 2.56. The molecule has 2 nitrogen and oxygen atoms in total. The Hall–Kier alpha value is -0.550. The largest absolute Gasteiger partial charge is 0.350 e. The Balaban J connectivity index is 1.99. The molecule has 0 aromatic rings. The van der Waals surface area contributed by atoms with E-state index in [1.165, 1.54) is 19.3 Å². The van der Waals surface area contributed by atoms with Crippen molar-refractivity contribution in [2.24, 2.45) is 0 Å². The molecule has 1 spiro atoms. The van der Waals surface area contributed by atoms with Crippen LogP contribution < -0.4 is 0 Å². The maximum atomic E-state index is 8.55. The first-order valence-electron chi connectivity index (χ1n) is 3.95. The van der Waals surface area contributed by atoms with Crippen molar-refractivity contribution in [3.63, 3.8) is 0 Å². The molecular weight excluding hydrogens is 126 g/mol. The monoisotopic (exact) mass is 137 g/mol. The summed E-state index contributed by atoms with van der Waals surface area (Å²) in [5.41, 5.74) is 0.0347. The van der Waals surface area contributed by atoms with E-state index in [-0.39, 0.29) is 11.7 Å². The van der Waals surface area contributed by atoms with Gasteiger partial charge in [-0.25, -0.2) is 0 Å². The van der Waals surface area contributed by atoms with Crippen LogP contribution in [0.15, 0.2) is 0 Å². The molecule has 0 aromatic carbocycles. The Kier molecular flexibility index (Phi) is 1.21. The van der Waals surface area contributed by atoms with Gasteiger partial charge in [-0.15, -0.1) is 0 Å². The number of epoxide rings is 1. The van der Waals surface area contributed by atoms with Gasteiger partial charge in [0.2, 0.25) is 0 Å². The van der Waals surface area contributed by atoms with Crippen LogP contribution in [0, 0.1) is 11.3 Å². The lowest BCUT2D eigenvalue weighted by molar-refractivity contribution is 0.235. The Morgan fingerprint density at radius 1 is 1.30 bits per heavy atom. The van der Waals surface area contributed by atoms with Crippen molar-refractivity contribution in [3.05, 3.63) is 0 Å². The van der Waals surface area contributed by atoms with Gasteiger partial charge in [-0.05, 0) is 12.8 Å². The number of rotatable bonds is 0. The number of hydrogen-bond acceptors (Lipinski definition) is 2. The molecule has 0 amide bonds. The van der Waals surface area contributed by atoms with E-state index >= 15 is 0 Å². The standard InChI is InChI=1S/C8H11NO/c9-6-7-8(10-7)4-2-1-3-5-8/h7H,1-5H2/t7-/m0/s1. The van der Waals surface area contributed by atoms with Crippen molar-refractivity contribution >= 4 is 0 Å². The molecule has 1 saturated heterocycles. The van der Waals surface area contributed by atoms with Crippen LogP contribution in [-0.2, 0) is 4.74 Å². The van der Waals surface area contributed by atoms with Gasteiger partial charge in [0.15, 0.2) is 6.10 Å². The molecule has 2 aliphatic rings. The second kappa shape index (κ2) is 1.96. The molecule has 1 atom stereocenters. The van der Waals surface area contributed by atoms with Crippen LogP contribution in [0.4, 0.5) is 0 Å². The third-order valence-electron chi connectivity index (χ3n) is 2.59. The second-order valence-electron chi connectivity index (χ2n) is 3.25. The van der Waals surface area contributed by atoms with E-state index in [0.717, 1.165) is 12.8 Å². The van der Waals surface area contributed by atoms with E-state index in [4.69, 9.17) is 10.00 Å². The first-order valence-corrected chi connectivity index (χ1v) is 3.95. The van der Waals surface area contributed by atoms with Gasteiger partial charge < -0.3 is 4.74 Å². The zero-order valence-electron chi connectivity index (χ0n) is 5.97. The molecule has 0 N–H and O–H groups in total. The van der Waals surface area contributed by atoms with E-state index in [1.54, 1.807) is 0 Å². The molecule has 2 rings (SSSR count). The van der Waals surface area contributed by atoms with Crippen LogP contribution >= 0.6 is 0 Å². The Labute approximate surface area is 60.8 Å². The fraction of sp³-hybridized carbons (Fsp3) is 0.875. The summed E-state index contributed by atoms with van der Waals surface area (Å²) >= 11 is 0. The van der Waals surface area contributed by atoms with E-state index in [9.17, 15) is 0 Å². The van der Waals surface area contributed by atoms with Gasteiger partial charge in [-0.3, -0.25) is 0 Å². The molecule has 2 fully saturated rings. The zero-order valence-corrected chi connectivity index (χ0v) is 5.97. The Morgan fingerprint density at radius 2 is 2.00 bits per heavy atom. The molecule has 54 valence electrons. The van der Waals surface area contributed by atoms with Gasteiger partial charge in [0, 0.05) is 0 Å². The second-order valence-corrected chi connectivity index (χ2v) is 3.25. The smallest absolute Gasteiger partial charge is 0.173 e. The lowest BCUT2D eigenvalue weighted by Crippen LogP contribution is -2.18. The summed E-state index contributed by atoms with van der Waals surface area (Å²) < 4.78 is 5.33. The van der Waals surface area contributed by atoms with Crippen molar-refractivity contribution in [2.75, 3.05) is 0 Å². The molecule has 0 aromatic heterocycles. The minimum absolute atomic E-state index is 0.0347. The van der Waals surface area contributed by atoms with Gasteiger partial charge in [-0.1, -0.05) is 19.3 Å². The molecule has 1 heterocycles. The molecule has 1 aliphatic heterocycles. The van der Waals surface area contributed by atoms with Crippen LogP contribution in [-0.4, -0.2) is 11.7 Å². The van der Waals surface area contributed by atoms with Crippen molar-refractivity contribution in [2.45, 2.75) is 43.8 Å². The minimum atomic E-state index is -0.0622. The van der Waals surface area contributed by atoms with Crippen molar-refractivity contribution in [3.8, 4) is 6.07 Å². The number of nitriles is 1. The lowest BCUT2D eigenvalue weighted by Gasteiger charge is -2.16. The average molecular weight is 137 g/mol. The molecular formula is C8H11NO. The Bertz CT molecular complexity index is 176. The molecule has 0 unspecified atom stereocenters. The highest BCUT2D eigenvalue weighted by molar-refractivity contribution is 5.14. The highest BCUT2D eigenvalue weighted by Crippen LogP contribution is 2.47. The first-order chi connectivity index (χ1) is 4.87. The summed E-state index contributed by atoms with van der Waals surface area (Å²) in [4.78, 5) is 0. The predicted octanol–water partition coefficient (Wildman–Crippen LogP) is 1.61. The van der Waals surface area contributed by atoms with E-state index < -0.39 is 0 Å². The molecule has 1 aliphatic carbocycles. The minimum Gasteiger partial charge on any atom is -0.350 e. The Morgan fingerprint density at radius 3 is 2.50 bits per heavy atom. The van der Waals surface area contributed by atoms with Gasteiger partial charge in [0.05, 0.1) is 6.07 Å². The van der Waals surface area contributed by atoms with Crippen molar-refractivity contribution < 1.29 is 4.74 Å². The van der Waals surface area contributed by atoms with Gasteiger partial charge in [0.1, 0.15) is 5.60 Å². The highest BCUT2D eigenvalue weighted by atomic mass is 16.6. The van der Waals surface area contributed by atoms with Crippen LogP contribution in [0.3, 0.4) is 0 Å². The normalized spacial score (nSPS) is 35.3. The maximum Gasteiger partial charge on any atom is 0.173 e. The predicted molar refractivity (Wildman–Crippen MR) is 36.3 cm³/mol. The van der Waals surface area contributed by atoms with Crippen molar-refractivity contribution in [1.29, 1.82) is 5.26 Å². The van der Waals surface area contributed by atoms with Crippen molar-refractivity contribution in [1.82, 2.24) is 0 Å². The summed E-state index contributed by atoms with van der Waals surface area (Å²) in [6, 6.07) is 2.18. The van der Waals surface area contributed by atoms with E-state index in [0.29, 0.717) is 0 Å². The third kappa shape index (κ3) is 0.741. The van der Waals surface area contributed by atoms with Crippen LogP contribution in [0.2, 0.25) is 0 Å². The van der Waals surface area contributed by atoms with Gasteiger partial charge in [-0.2, -0.15) is 5.26 Å². The molecule has 2 heteroatoms. The van der Waals surface area contributed by atoms with E-state index in [1.807, 2.05) is 0 Å². The van der Waals surface area contributed by atoms with Crippen LogP contribution in [0.5, 0.6) is 0 Å². The number of nitrogens with zero attached hydrogens (tertiary/aromatic N) is 1. The first kappa shape index (κ1) is 6.18. The number of ether oxygens (including phenoxy) is 1. The van der Waals surface area contributed by atoms with Gasteiger partial charge in [0.25, 0.3) is 0 Å². The summed E-state index contributed by atoms with van der Waals surface area (Å²) in [6.45, 7) is 0. The number of hydrogen-bond donors (Lipinski definition) is 0. The third-order valence-corrected chi connectivity index (χ3v) is 2.59. The summed E-state index contributed by atoms with van der Waals surface area (Å²) in [6.07, 6.45) is 5.99. The van der Waals surface area contributed by atoms with Crippen LogP contribution in [0.25, 0.3) is 0 Å². The lowest BCUT2D eigenvalue weighted by atomic mass is 9.87. The van der Waals surface area contributed by atoms with E-state index in [2.05, 4.69) is 6.07 Å². The topological polar surface area (TPSA) is 36.3 Å². The maximum absolute atomic E-state index is 8.55. The summed E-state index contributed by atoms with van der Waals surface area (Å²) in [5, 5.41) is 8.55. The SMILES string of the molecule is N#C[C@@H]1OC12CCCCC2. The molecule has 10 heavy (non-hydrogen) atoms. The summed E-state index contributed by atoms with van der Waals surface area (Å²) in [7, 11) is 0. The molecule has 1 saturated carbocycles. The fourth-order valence-corrected chi connectivity index (χ4v) is 1.87. The quantitative estimate of drug-likeness (QED) is 0.475. The summed E-state index contributed by atoms with van der Waals surface area (Å²) in [5.74, 6) is 0. The molecule has 0 radical (unpaired) electrons. The van der Waals surface area contributed by atoms with Gasteiger partial charge >= 0.3 is 0 Å². The fourth-order valence-electron chi connectivity index (χ4n) is 1.87. The zero-order chi connectivity index (χ0) is 7.03. The van der Waals surface area contributed by atoms with Crippen LogP contribution in [0.1, 0.15) is 32.1 Å². The molecule has 0 bridgehead atoms.